The Kier molecular flexibility index (Phi) is 6.08. The van der Waals surface area contributed by atoms with Gasteiger partial charge in [0.15, 0.2) is 5.78 Å². The molecule has 1 saturated carbocycles. The van der Waals surface area contributed by atoms with Crippen molar-refractivity contribution in [2.75, 3.05) is 11.9 Å². The molecule has 0 aromatic heterocycles. The number of carbonyl (C=O) groups is 4. The van der Waals surface area contributed by atoms with Crippen LogP contribution >= 0.6 is 0 Å². The highest BCUT2D eigenvalue weighted by Crippen LogP contribution is 2.38. The number of para-hydroxylation sites is 1. The number of hydrogen-bond acceptors (Lipinski definition) is 4. The van der Waals surface area contributed by atoms with E-state index < -0.39 is 11.6 Å². The standard InChI is InChI=1S/C25H27N3O4/c1-17-9-7-8-15-25(17)23(31)28(24(32)27-25)16-14-21(29)26-20-13-6-5-12-19(20)22(30)18-10-3-2-4-11-18/h2-6,10-13,17H,7-9,14-16H2,1H3,(H,26,29)(H,27,32)/t17-,25-/m0/s1. The van der Waals surface area contributed by atoms with Crippen LogP contribution in [0.2, 0.25) is 0 Å². The number of amides is 4. The van der Waals surface area contributed by atoms with Gasteiger partial charge in [0, 0.05) is 24.1 Å². The molecule has 2 N–H and O–H groups in total. The fraction of sp³-hybridized carbons (Fsp3) is 0.360. The number of hydrogen-bond donors (Lipinski definition) is 2. The van der Waals surface area contributed by atoms with E-state index in [4.69, 9.17) is 0 Å². The number of benzene rings is 2. The number of urea groups is 1. The zero-order valence-electron chi connectivity index (χ0n) is 18.1. The van der Waals surface area contributed by atoms with Gasteiger partial charge >= 0.3 is 6.03 Å². The van der Waals surface area contributed by atoms with Crippen LogP contribution in [0.5, 0.6) is 0 Å². The molecule has 2 aromatic carbocycles. The van der Waals surface area contributed by atoms with Crippen molar-refractivity contribution in [3.63, 3.8) is 0 Å². The van der Waals surface area contributed by atoms with Gasteiger partial charge in [-0.1, -0.05) is 62.2 Å². The lowest BCUT2D eigenvalue weighted by Gasteiger charge is -2.36. The second-order valence-corrected chi connectivity index (χ2v) is 8.54. The quantitative estimate of drug-likeness (QED) is 0.536. The molecule has 4 rings (SSSR count). The van der Waals surface area contributed by atoms with E-state index in [0.717, 1.165) is 24.2 Å². The Bertz CT molecular complexity index is 1050. The van der Waals surface area contributed by atoms with Crippen molar-refractivity contribution in [1.29, 1.82) is 0 Å². The summed E-state index contributed by atoms with van der Waals surface area (Å²) in [5, 5.41) is 5.66. The van der Waals surface area contributed by atoms with Gasteiger partial charge in [0.1, 0.15) is 5.54 Å². The lowest BCUT2D eigenvalue weighted by molar-refractivity contribution is -0.134. The minimum Gasteiger partial charge on any atom is -0.325 e. The maximum Gasteiger partial charge on any atom is 0.325 e. The Morgan fingerprint density at radius 2 is 1.78 bits per heavy atom. The SMILES string of the molecule is C[C@H]1CCCC[C@]12NC(=O)N(CCC(=O)Nc1ccccc1C(=O)c1ccccc1)C2=O. The first-order valence-electron chi connectivity index (χ1n) is 11.0. The molecule has 7 nitrogen and oxygen atoms in total. The lowest BCUT2D eigenvalue weighted by atomic mass is 9.73. The van der Waals surface area contributed by atoms with Crippen LogP contribution in [0.4, 0.5) is 10.5 Å². The van der Waals surface area contributed by atoms with Gasteiger partial charge in [-0.15, -0.1) is 0 Å². The Hall–Kier alpha value is -3.48. The van der Waals surface area contributed by atoms with Gasteiger partial charge in [0.2, 0.25) is 5.91 Å². The minimum absolute atomic E-state index is 0.000230. The molecule has 1 aliphatic heterocycles. The molecule has 0 radical (unpaired) electrons. The number of imide groups is 1. The molecule has 2 atom stereocenters. The smallest absolute Gasteiger partial charge is 0.325 e. The van der Waals surface area contributed by atoms with Crippen LogP contribution in [0.25, 0.3) is 0 Å². The lowest BCUT2D eigenvalue weighted by Crippen LogP contribution is -2.54. The number of carbonyl (C=O) groups excluding carboxylic acids is 4. The van der Waals surface area contributed by atoms with Crippen LogP contribution in [-0.2, 0) is 9.59 Å². The monoisotopic (exact) mass is 433 g/mol. The molecule has 2 aromatic rings. The second kappa shape index (κ2) is 8.94. The third-order valence-corrected chi connectivity index (χ3v) is 6.55. The first kappa shape index (κ1) is 21.7. The Morgan fingerprint density at radius 3 is 2.53 bits per heavy atom. The first-order chi connectivity index (χ1) is 15.4. The zero-order chi connectivity index (χ0) is 22.7. The maximum absolute atomic E-state index is 13.0. The fourth-order valence-electron chi connectivity index (χ4n) is 4.66. The maximum atomic E-state index is 13.0. The van der Waals surface area contributed by atoms with Crippen molar-refractivity contribution < 1.29 is 19.2 Å². The Balaban J connectivity index is 1.42. The van der Waals surface area contributed by atoms with E-state index in [1.165, 1.54) is 0 Å². The summed E-state index contributed by atoms with van der Waals surface area (Å²) in [5.74, 6) is -0.718. The van der Waals surface area contributed by atoms with E-state index in [2.05, 4.69) is 10.6 Å². The number of rotatable bonds is 6. The van der Waals surface area contributed by atoms with E-state index in [-0.39, 0.29) is 36.5 Å². The van der Waals surface area contributed by atoms with Crippen molar-refractivity contribution >= 4 is 29.3 Å². The van der Waals surface area contributed by atoms with Gasteiger partial charge in [-0.25, -0.2) is 4.79 Å². The molecule has 1 aliphatic carbocycles. The Labute approximate surface area is 187 Å². The normalized spacial score (nSPS) is 22.7. The van der Waals surface area contributed by atoms with Crippen molar-refractivity contribution in [2.24, 2.45) is 5.92 Å². The third-order valence-electron chi connectivity index (χ3n) is 6.55. The molecule has 166 valence electrons. The highest BCUT2D eigenvalue weighted by molar-refractivity contribution is 6.14. The third kappa shape index (κ3) is 4.02. The molecule has 2 aliphatic rings. The second-order valence-electron chi connectivity index (χ2n) is 8.54. The van der Waals surface area contributed by atoms with E-state index in [1.54, 1.807) is 48.5 Å². The van der Waals surface area contributed by atoms with Crippen LogP contribution in [0.1, 0.15) is 54.9 Å². The largest absolute Gasteiger partial charge is 0.325 e. The molecule has 1 saturated heterocycles. The van der Waals surface area contributed by atoms with Crippen LogP contribution < -0.4 is 10.6 Å². The predicted molar refractivity (Wildman–Crippen MR) is 120 cm³/mol. The van der Waals surface area contributed by atoms with E-state index >= 15 is 0 Å². The fourth-order valence-corrected chi connectivity index (χ4v) is 4.66. The summed E-state index contributed by atoms with van der Waals surface area (Å²) >= 11 is 0. The summed E-state index contributed by atoms with van der Waals surface area (Å²) in [6.45, 7) is 1.99. The number of nitrogens with one attached hydrogen (secondary N) is 2. The van der Waals surface area contributed by atoms with Gasteiger partial charge in [0.05, 0.1) is 5.69 Å². The van der Waals surface area contributed by atoms with Crippen LogP contribution in [0.3, 0.4) is 0 Å². The topological polar surface area (TPSA) is 95.6 Å². The summed E-state index contributed by atoms with van der Waals surface area (Å²) < 4.78 is 0. The summed E-state index contributed by atoms with van der Waals surface area (Å²) in [5.41, 5.74) is 0.485. The highest BCUT2D eigenvalue weighted by Gasteiger charge is 2.54. The minimum atomic E-state index is -0.833. The molecule has 0 bridgehead atoms. The molecular formula is C25H27N3O4. The zero-order valence-corrected chi connectivity index (χ0v) is 18.1. The van der Waals surface area contributed by atoms with Crippen molar-refractivity contribution in [3.8, 4) is 0 Å². The number of anilines is 1. The van der Waals surface area contributed by atoms with Crippen molar-refractivity contribution in [1.82, 2.24) is 10.2 Å². The average molecular weight is 434 g/mol. The van der Waals surface area contributed by atoms with Gasteiger partial charge in [0.25, 0.3) is 5.91 Å². The van der Waals surface area contributed by atoms with Gasteiger partial charge in [-0.2, -0.15) is 0 Å². The summed E-state index contributed by atoms with van der Waals surface area (Å²) in [6.07, 6.45) is 3.44. The van der Waals surface area contributed by atoms with Crippen LogP contribution in [-0.4, -0.2) is 40.6 Å². The van der Waals surface area contributed by atoms with Crippen molar-refractivity contribution in [3.05, 3.63) is 65.7 Å². The molecular weight excluding hydrogens is 406 g/mol. The van der Waals surface area contributed by atoms with Gasteiger partial charge in [-0.05, 0) is 30.9 Å². The molecule has 1 heterocycles. The van der Waals surface area contributed by atoms with Crippen molar-refractivity contribution in [2.45, 2.75) is 44.6 Å². The average Bonchev–Trinajstić information content (AvgIpc) is 3.04. The predicted octanol–water partition coefficient (Wildman–Crippen LogP) is 3.75. The molecule has 2 fully saturated rings. The highest BCUT2D eigenvalue weighted by atomic mass is 16.2. The molecule has 4 amide bonds. The molecule has 1 spiro atoms. The van der Waals surface area contributed by atoms with Crippen LogP contribution in [0.15, 0.2) is 54.6 Å². The number of nitrogens with zero attached hydrogens (tertiary/aromatic N) is 1. The molecule has 7 heteroatoms. The first-order valence-corrected chi connectivity index (χ1v) is 11.0. The Morgan fingerprint density at radius 1 is 1.06 bits per heavy atom. The van der Waals surface area contributed by atoms with Gasteiger partial charge < -0.3 is 10.6 Å². The summed E-state index contributed by atoms with van der Waals surface area (Å²) in [7, 11) is 0. The molecule has 32 heavy (non-hydrogen) atoms. The van der Waals surface area contributed by atoms with E-state index in [9.17, 15) is 19.2 Å². The van der Waals surface area contributed by atoms with Gasteiger partial charge in [-0.3, -0.25) is 19.3 Å². The van der Waals surface area contributed by atoms with E-state index in [1.807, 2.05) is 13.0 Å². The summed E-state index contributed by atoms with van der Waals surface area (Å²) in [6, 6.07) is 15.2. The number of ketones is 1. The summed E-state index contributed by atoms with van der Waals surface area (Å²) in [4.78, 5) is 52.2. The molecule has 0 unspecified atom stereocenters. The van der Waals surface area contributed by atoms with Crippen LogP contribution in [0, 0.1) is 5.92 Å². The van der Waals surface area contributed by atoms with E-state index in [0.29, 0.717) is 23.2 Å².